The van der Waals surface area contributed by atoms with E-state index in [4.69, 9.17) is 24.4 Å². The number of alkyl carbamates (subject to hydrolysis) is 1. The number of methoxy groups -OCH3 is 3. The lowest BCUT2D eigenvalue weighted by Gasteiger charge is -2.27. The molecule has 0 saturated carbocycles. The number of carbonyl (C=O) groups is 8. The molecule has 21 heteroatoms. The van der Waals surface area contributed by atoms with Crippen LogP contribution in [0.3, 0.4) is 0 Å². The van der Waals surface area contributed by atoms with Gasteiger partial charge in [-0.3, -0.25) is 33.6 Å². The summed E-state index contributed by atoms with van der Waals surface area (Å²) in [5.41, 5.74) is 9.14. The number of ether oxygens (including phenoxy) is 4. The van der Waals surface area contributed by atoms with Crippen LogP contribution in [0.4, 0.5) is 10.5 Å². The van der Waals surface area contributed by atoms with Gasteiger partial charge in [0.15, 0.2) is 0 Å². The molecule has 5 rings (SSSR count). The molecule has 1 aliphatic carbocycles. The number of aromatic nitrogens is 1. The zero-order valence-corrected chi connectivity index (χ0v) is 37.4. The molecule has 4 atom stereocenters. The van der Waals surface area contributed by atoms with Crippen LogP contribution in [0.15, 0.2) is 88.3 Å². The number of H-pyrrole nitrogens is 1. The van der Waals surface area contributed by atoms with Gasteiger partial charge in [0, 0.05) is 35.7 Å². The van der Waals surface area contributed by atoms with Gasteiger partial charge in [-0.05, 0) is 30.0 Å². The van der Waals surface area contributed by atoms with Gasteiger partial charge < -0.3 is 62.8 Å². The Morgan fingerprint density at radius 2 is 1.30 bits per heavy atom. The molecule has 1 heterocycles. The van der Waals surface area contributed by atoms with Crippen molar-refractivity contribution >= 4 is 75.2 Å². The summed E-state index contributed by atoms with van der Waals surface area (Å²) >= 11 is 0. The van der Waals surface area contributed by atoms with Crippen LogP contribution in [-0.2, 0) is 59.1 Å². The molecule has 2 aliphatic rings. The van der Waals surface area contributed by atoms with Crippen molar-refractivity contribution < 1.29 is 79.1 Å². The van der Waals surface area contributed by atoms with Crippen molar-refractivity contribution in [3.05, 3.63) is 89.8 Å². The van der Waals surface area contributed by atoms with Gasteiger partial charge in [0.2, 0.25) is 34.8 Å². The minimum absolute atomic E-state index is 0. The standard InChI is InChI=1S/C45H49N7O13.ClH/c1-24(2)39(52-41(56)31(17-18-36(53)61-3)49-43(58)33(22-38(55)63-5)51-45(60)64-23-25-11-7-6-8-12-25)44(59)50-32(21-37(54)62-4)42(57)47-26-15-16-30-34(19-26)65-35-20-29(46)27-13-9-10-14-28(27)40(35)48-30;/h6-16,19-20,24,31-33,39H,17-18,21-23,46H2,1-5H3,(H,49,58)(H,50,59)(H,51,60)(H,52,56);1H/t31-,32-,33-,39-;/m0./s1. The lowest BCUT2D eigenvalue weighted by molar-refractivity contribution is -0.332. The number of hydrogen-bond donors (Lipinski definition) is 5. The molecule has 0 saturated heterocycles. The Balaban J connectivity index is 0.00000952. The maximum absolute atomic E-state index is 13.9. The number of hydrogen-bond acceptors (Lipinski definition) is 14. The summed E-state index contributed by atoms with van der Waals surface area (Å²) in [4.78, 5) is 112. The third kappa shape index (κ3) is 13.7. The number of nitrogens with one attached hydrogen (secondary N) is 5. The van der Waals surface area contributed by atoms with Gasteiger partial charge in [-0.2, -0.15) is 4.98 Å². The Bertz CT molecular complexity index is 2620. The minimum atomic E-state index is -1.61. The highest BCUT2D eigenvalue weighted by Crippen LogP contribution is 2.30. The van der Waals surface area contributed by atoms with E-state index in [1.165, 1.54) is 12.1 Å². The highest BCUT2D eigenvalue weighted by molar-refractivity contribution is 6.08. The smallest absolute Gasteiger partial charge is 0.408 e. The zero-order chi connectivity index (χ0) is 47.2. The second kappa shape index (κ2) is 23.9. The fourth-order valence-electron chi connectivity index (χ4n) is 6.58. The molecule has 5 amide bonds. The lowest BCUT2D eigenvalue weighted by Crippen LogP contribution is -3.00. The number of carbonyl (C=O) groups excluding carboxylic acids is 8. The highest BCUT2D eigenvalue weighted by atomic mass is 35.5. The Hall–Kier alpha value is -7.61. The molecule has 7 N–H and O–H groups in total. The van der Waals surface area contributed by atoms with Crippen LogP contribution >= 0.6 is 0 Å². The lowest BCUT2D eigenvalue weighted by atomic mass is 10.0. The molecule has 20 nitrogen and oxygen atoms in total. The number of benzene rings is 4. The maximum atomic E-state index is 13.9. The fourth-order valence-corrected chi connectivity index (χ4v) is 6.58. The van der Waals surface area contributed by atoms with Crippen molar-refractivity contribution in [1.82, 2.24) is 21.3 Å². The summed E-state index contributed by atoms with van der Waals surface area (Å²) in [6.45, 7) is 3.01. The van der Waals surface area contributed by atoms with Gasteiger partial charge in [-0.15, -0.1) is 0 Å². The van der Waals surface area contributed by atoms with E-state index in [2.05, 4.69) is 36.0 Å². The molecule has 0 spiro atoms. The second-order valence-corrected chi connectivity index (χ2v) is 15.0. The van der Waals surface area contributed by atoms with Crippen molar-refractivity contribution in [3.63, 3.8) is 0 Å². The summed E-state index contributed by atoms with van der Waals surface area (Å²) in [6, 6.07) is 16.4. The first kappa shape index (κ1) is 51.0. The first-order valence-electron chi connectivity index (χ1n) is 20.3. The van der Waals surface area contributed by atoms with Crippen LogP contribution in [0.1, 0.15) is 45.1 Å². The molecule has 0 radical (unpaired) electrons. The van der Waals surface area contributed by atoms with Gasteiger partial charge in [0.25, 0.3) is 11.4 Å². The molecule has 1 aliphatic heterocycles. The normalized spacial score (nSPS) is 13.0. The first-order valence-corrected chi connectivity index (χ1v) is 20.3. The number of halogens is 1. The van der Waals surface area contributed by atoms with E-state index >= 15 is 0 Å². The fraction of sp³-hybridized carbons (Fsp3) is 0.333. The molecule has 0 unspecified atom stereocenters. The quantitative estimate of drug-likeness (QED) is 0.0232. The van der Waals surface area contributed by atoms with Crippen LogP contribution in [0, 0.1) is 5.92 Å². The average molecular weight is 932 g/mol. The van der Waals surface area contributed by atoms with E-state index in [9.17, 15) is 38.4 Å². The Morgan fingerprint density at radius 3 is 1.95 bits per heavy atom. The van der Waals surface area contributed by atoms with E-state index in [1.54, 1.807) is 56.3 Å². The molecule has 0 bridgehead atoms. The number of fused-ring (bicyclic) bond motifs is 4. The van der Waals surface area contributed by atoms with Gasteiger partial charge in [-0.25, -0.2) is 9.79 Å². The van der Waals surface area contributed by atoms with Crippen molar-refractivity contribution in [2.45, 2.75) is 70.3 Å². The summed E-state index contributed by atoms with van der Waals surface area (Å²) < 4.78 is 25.5. The molecule has 3 aromatic rings. The predicted octanol–water partition coefficient (Wildman–Crippen LogP) is -0.997. The molecule has 66 heavy (non-hydrogen) atoms. The number of amides is 5. The molecule has 0 fully saturated rings. The Morgan fingerprint density at radius 1 is 0.697 bits per heavy atom. The maximum Gasteiger partial charge on any atom is 0.408 e. The Kier molecular flexibility index (Phi) is 18.5. The Labute approximate surface area is 384 Å². The number of rotatable bonds is 18. The van der Waals surface area contributed by atoms with E-state index in [0.717, 1.165) is 32.1 Å². The average Bonchev–Trinajstić information content (AvgIpc) is 3.30. The monoisotopic (exact) mass is 931 g/mol. The summed E-state index contributed by atoms with van der Waals surface area (Å²) in [5.74, 6) is -6.64. The zero-order valence-electron chi connectivity index (χ0n) is 36.6. The topological polar surface area (TPSA) is 287 Å². The number of nitrogens with two attached hydrogens (primary N) is 1. The highest BCUT2D eigenvalue weighted by Gasteiger charge is 2.34. The van der Waals surface area contributed by atoms with E-state index < -0.39 is 90.6 Å². The molecule has 3 aromatic carbocycles. The number of aromatic amines is 1. The van der Waals surface area contributed by atoms with Gasteiger partial charge in [0.1, 0.15) is 30.8 Å². The van der Waals surface area contributed by atoms with Crippen molar-refractivity contribution in [2.75, 3.05) is 27.1 Å². The number of nitrogens with zero attached hydrogens (tertiary/aromatic N) is 1. The minimum Gasteiger partial charge on any atom is -1.00 e. The van der Waals surface area contributed by atoms with E-state index in [0.29, 0.717) is 33.8 Å². The van der Waals surface area contributed by atoms with Crippen molar-refractivity contribution in [3.8, 4) is 11.5 Å². The van der Waals surface area contributed by atoms with Crippen molar-refractivity contribution in [1.29, 1.82) is 0 Å². The second-order valence-electron chi connectivity index (χ2n) is 15.0. The number of nitrogen functional groups attached to an aromatic ring is 1. The summed E-state index contributed by atoms with van der Waals surface area (Å²) in [6.07, 6.45) is -3.08. The predicted molar refractivity (Wildman–Crippen MR) is 231 cm³/mol. The molecular formula is C45H50ClN7O13. The summed E-state index contributed by atoms with van der Waals surface area (Å²) in [7, 11) is 3.30. The first-order chi connectivity index (χ1) is 31.1. The number of anilines is 1. The van der Waals surface area contributed by atoms with E-state index in [1.807, 2.05) is 24.3 Å². The van der Waals surface area contributed by atoms with Crippen LogP contribution < -0.4 is 49.7 Å². The van der Waals surface area contributed by atoms with Crippen LogP contribution in [0.25, 0.3) is 33.3 Å². The van der Waals surface area contributed by atoms with Crippen LogP contribution in [0.5, 0.6) is 0 Å². The van der Waals surface area contributed by atoms with E-state index in [-0.39, 0.29) is 37.2 Å². The summed E-state index contributed by atoms with van der Waals surface area (Å²) in [5, 5.41) is 11.5. The third-order valence-electron chi connectivity index (χ3n) is 10.1. The number of esters is 3. The third-order valence-corrected chi connectivity index (χ3v) is 10.1. The molecular weight excluding hydrogens is 882 g/mol. The SMILES string of the molecule is COC(=O)CC[C@H](NC(=O)[C@H](CC(=O)OC)NC(=O)OCc1ccccc1)C(=O)N[C@H](C(=O)N[C@@H](CC(=O)OC)C(=O)N=c1ccc2[nH+]c3c(cc(N)c4ccccc43)oc-2c1)C(C)C.[Cl-]. The molecule has 350 valence electrons. The van der Waals surface area contributed by atoms with Gasteiger partial charge >= 0.3 is 24.0 Å². The van der Waals surface area contributed by atoms with Crippen LogP contribution in [0.2, 0.25) is 0 Å². The molecule has 0 aromatic heterocycles. The van der Waals surface area contributed by atoms with Crippen LogP contribution in [-0.4, -0.2) is 93.1 Å². The largest absolute Gasteiger partial charge is 1.00 e. The van der Waals surface area contributed by atoms with Crippen molar-refractivity contribution in [2.24, 2.45) is 10.9 Å². The van der Waals surface area contributed by atoms with Gasteiger partial charge in [0.05, 0.1) is 44.9 Å². The van der Waals surface area contributed by atoms with Gasteiger partial charge in [-0.1, -0.05) is 62.4 Å².